The van der Waals surface area contributed by atoms with Crippen LogP contribution in [0.3, 0.4) is 0 Å². The molecule has 0 saturated carbocycles. The van der Waals surface area contributed by atoms with Crippen molar-refractivity contribution in [3.05, 3.63) is 35.1 Å². The van der Waals surface area contributed by atoms with Crippen molar-refractivity contribution < 1.29 is 18.0 Å². The van der Waals surface area contributed by atoms with Crippen molar-refractivity contribution in [2.45, 2.75) is 18.7 Å². The number of benzene rings is 1. The monoisotopic (exact) mass is 265 g/mol. The van der Waals surface area contributed by atoms with Crippen LogP contribution >= 0.6 is 11.6 Å². The van der Waals surface area contributed by atoms with Crippen LogP contribution < -0.4 is 5.32 Å². The van der Waals surface area contributed by atoms with Gasteiger partial charge in [0.2, 0.25) is 0 Å². The molecule has 0 saturated heterocycles. The first-order valence-corrected chi connectivity index (χ1v) is 5.46. The molecule has 0 bridgehead atoms. The fourth-order valence-corrected chi connectivity index (χ4v) is 1.21. The van der Waals surface area contributed by atoms with Crippen molar-refractivity contribution in [3.63, 3.8) is 0 Å². The zero-order valence-corrected chi connectivity index (χ0v) is 9.82. The lowest BCUT2D eigenvalue weighted by Gasteiger charge is -2.09. The van der Waals surface area contributed by atoms with Gasteiger partial charge in [0.05, 0.1) is 5.38 Å². The van der Waals surface area contributed by atoms with E-state index in [1.54, 1.807) is 0 Å². The minimum absolute atomic E-state index is 0.178. The fourth-order valence-electron chi connectivity index (χ4n) is 1.14. The Kier molecular flexibility index (Phi) is 4.81. The van der Waals surface area contributed by atoms with Gasteiger partial charge in [-0.25, -0.2) is 13.2 Å². The number of carbonyl (C=O) groups is 1. The molecule has 1 N–H and O–H groups in total. The van der Waals surface area contributed by atoms with Gasteiger partial charge in [-0.15, -0.1) is 11.6 Å². The molecule has 1 aromatic carbocycles. The summed E-state index contributed by atoms with van der Waals surface area (Å²) < 4.78 is 38.3. The molecular weight excluding hydrogens is 255 g/mol. The van der Waals surface area contributed by atoms with Gasteiger partial charge in [-0.1, -0.05) is 6.92 Å². The molecule has 0 aliphatic carbocycles. The van der Waals surface area contributed by atoms with Crippen molar-refractivity contribution >= 4 is 17.5 Å². The average molecular weight is 266 g/mol. The highest BCUT2D eigenvalue weighted by Crippen LogP contribution is 2.13. The second-order valence-electron chi connectivity index (χ2n) is 3.47. The summed E-state index contributed by atoms with van der Waals surface area (Å²) in [5, 5.41) is 2.14. The van der Waals surface area contributed by atoms with E-state index in [0.29, 0.717) is 18.6 Å². The highest BCUT2D eigenvalue weighted by atomic mass is 35.5. The molecule has 0 radical (unpaired) electrons. The van der Waals surface area contributed by atoms with E-state index < -0.39 is 23.4 Å². The Morgan fingerprint density at radius 1 is 1.35 bits per heavy atom. The predicted octanol–water partition coefficient (Wildman–Crippen LogP) is 2.85. The van der Waals surface area contributed by atoms with Crippen LogP contribution in [-0.2, 0) is 0 Å². The molecule has 1 atom stereocenters. The van der Waals surface area contributed by atoms with E-state index in [0.717, 1.165) is 0 Å². The summed E-state index contributed by atoms with van der Waals surface area (Å²) in [5.74, 6) is -5.08. The molecular formula is C11H11ClF3NO. The highest BCUT2D eigenvalue weighted by Gasteiger charge is 2.15. The lowest BCUT2D eigenvalue weighted by atomic mass is 10.2. The van der Waals surface area contributed by atoms with Gasteiger partial charge in [0.25, 0.3) is 5.91 Å². The van der Waals surface area contributed by atoms with Gasteiger partial charge >= 0.3 is 0 Å². The molecule has 2 nitrogen and oxygen atoms in total. The minimum Gasteiger partial charge on any atom is -0.351 e. The summed E-state index contributed by atoms with van der Waals surface area (Å²) >= 11 is 5.76. The zero-order valence-electron chi connectivity index (χ0n) is 9.07. The molecule has 1 aromatic rings. The summed E-state index contributed by atoms with van der Waals surface area (Å²) in [4.78, 5) is 11.5. The van der Waals surface area contributed by atoms with Gasteiger partial charge in [0.15, 0.2) is 17.5 Å². The number of amides is 1. The summed E-state index contributed by atoms with van der Waals surface area (Å²) in [6.07, 6.45) is 0.647. The number of halogens is 4. The second kappa shape index (κ2) is 5.91. The summed E-state index contributed by atoms with van der Waals surface area (Å²) in [6.45, 7) is 2.01. The van der Waals surface area contributed by atoms with Gasteiger partial charge in [0, 0.05) is 12.1 Å². The van der Waals surface area contributed by atoms with Crippen molar-refractivity contribution in [1.82, 2.24) is 5.32 Å². The molecule has 0 aliphatic rings. The van der Waals surface area contributed by atoms with Gasteiger partial charge in [-0.2, -0.15) is 0 Å². The molecule has 1 unspecified atom stereocenters. The van der Waals surface area contributed by atoms with E-state index in [1.165, 1.54) is 0 Å². The fraction of sp³-hybridized carbons (Fsp3) is 0.364. The van der Waals surface area contributed by atoms with Gasteiger partial charge in [0.1, 0.15) is 0 Å². The molecule has 0 aliphatic heterocycles. The van der Waals surface area contributed by atoms with Crippen LogP contribution in [0.15, 0.2) is 12.1 Å². The van der Waals surface area contributed by atoms with Gasteiger partial charge in [-0.3, -0.25) is 4.79 Å². The van der Waals surface area contributed by atoms with E-state index in [-0.39, 0.29) is 17.5 Å². The zero-order chi connectivity index (χ0) is 13.0. The molecule has 6 heteroatoms. The first-order valence-electron chi connectivity index (χ1n) is 5.02. The number of rotatable bonds is 4. The Balaban J connectivity index is 2.76. The van der Waals surface area contributed by atoms with E-state index in [4.69, 9.17) is 11.6 Å². The standard InChI is InChI=1S/C11H11ClF3NO/c1-2-7(12)5-16-11(17)6-3-8(13)10(15)9(14)4-6/h3-4,7H,2,5H2,1H3,(H,16,17). The smallest absolute Gasteiger partial charge is 0.251 e. The largest absolute Gasteiger partial charge is 0.351 e. The van der Waals surface area contributed by atoms with Gasteiger partial charge in [-0.05, 0) is 18.6 Å². The van der Waals surface area contributed by atoms with Crippen molar-refractivity contribution in [2.75, 3.05) is 6.54 Å². The number of hydrogen-bond donors (Lipinski definition) is 1. The van der Waals surface area contributed by atoms with Crippen LogP contribution in [0.25, 0.3) is 0 Å². The summed E-state index contributed by atoms with van der Waals surface area (Å²) in [5.41, 5.74) is -0.277. The Morgan fingerprint density at radius 3 is 2.35 bits per heavy atom. The number of carbonyl (C=O) groups excluding carboxylic acids is 1. The number of alkyl halides is 1. The first-order chi connectivity index (χ1) is 7.95. The maximum Gasteiger partial charge on any atom is 0.251 e. The third kappa shape index (κ3) is 3.63. The van der Waals surface area contributed by atoms with Crippen LogP contribution in [0.2, 0.25) is 0 Å². The SMILES string of the molecule is CCC(Cl)CNC(=O)c1cc(F)c(F)c(F)c1. The molecule has 0 fully saturated rings. The van der Waals surface area contributed by atoms with Crippen LogP contribution in [0.1, 0.15) is 23.7 Å². The maximum atomic E-state index is 12.8. The molecule has 94 valence electrons. The van der Waals surface area contributed by atoms with Crippen LogP contribution in [0.5, 0.6) is 0 Å². The van der Waals surface area contributed by atoms with E-state index in [1.807, 2.05) is 6.92 Å². The molecule has 0 heterocycles. The molecule has 0 aromatic heterocycles. The van der Waals surface area contributed by atoms with Gasteiger partial charge < -0.3 is 5.32 Å². The third-order valence-electron chi connectivity index (χ3n) is 2.17. The van der Waals surface area contributed by atoms with E-state index in [2.05, 4.69) is 5.32 Å². The van der Waals surface area contributed by atoms with E-state index >= 15 is 0 Å². The molecule has 17 heavy (non-hydrogen) atoms. The quantitative estimate of drug-likeness (QED) is 0.658. The normalized spacial score (nSPS) is 12.3. The topological polar surface area (TPSA) is 29.1 Å². The van der Waals surface area contributed by atoms with E-state index in [9.17, 15) is 18.0 Å². The van der Waals surface area contributed by atoms with Crippen molar-refractivity contribution in [2.24, 2.45) is 0 Å². The maximum absolute atomic E-state index is 12.8. The Hall–Kier alpha value is -1.23. The molecule has 1 amide bonds. The Bertz CT molecular complexity index is 402. The lowest BCUT2D eigenvalue weighted by molar-refractivity contribution is 0.0952. The van der Waals surface area contributed by atoms with Crippen LogP contribution in [0.4, 0.5) is 13.2 Å². The highest BCUT2D eigenvalue weighted by molar-refractivity contribution is 6.20. The minimum atomic E-state index is -1.59. The second-order valence-corrected chi connectivity index (χ2v) is 4.09. The molecule has 0 spiro atoms. The number of nitrogens with one attached hydrogen (secondary N) is 1. The van der Waals surface area contributed by atoms with Crippen LogP contribution in [0, 0.1) is 17.5 Å². The average Bonchev–Trinajstić information content (AvgIpc) is 2.31. The third-order valence-corrected chi connectivity index (χ3v) is 2.64. The lowest BCUT2D eigenvalue weighted by Crippen LogP contribution is -2.29. The van der Waals surface area contributed by atoms with Crippen LogP contribution in [-0.4, -0.2) is 17.8 Å². The summed E-state index contributed by atoms with van der Waals surface area (Å²) in [7, 11) is 0. The first kappa shape index (κ1) is 13.8. The number of hydrogen-bond acceptors (Lipinski definition) is 1. The predicted molar refractivity (Wildman–Crippen MR) is 58.6 cm³/mol. The Morgan fingerprint density at radius 2 is 1.88 bits per heavy atom. The Labute approximate surface area is 102 Å². The van der Waals surface area contributed by atoms with Crippen molar-refractivity contribution in [3.8, 4) is 0 Å². The molecule has 1 rings (SSSR count). The van der Waals surface area contributed by atoms with Crippen molar-refractivity contribution in [1.29, 1.82) is 0 Å². The summed E-state index contributed by atoms with van der Waals surface area (Å²) in [6, 6.07) is 1.28.